The van der Waals surface area contributed by atoms with Gasteiger partial charge in [-0.2, -0.15) is 5.10 Å². The minimum atomic E-state index is -0.257. The first-order valence-electron chi connectivity index (χ1n) is 9.85. The molecule has 28 heavy (non-hydrogen) atoms. The molecule has 5 nitrogen and oxygen atoms in total. The zero-order valence-electron chi connectivity index (χ0n) is 15.8. The number of halogens is 1. The molecule has 1 aromatic heterocycles. The van der Waals surface area contributed by atoms with E-state index in [2.05, 4.69) is 27.5 Å². The number of nitrogens with one attached hydrogen (secondary N) is 2. The number of amides is 1. The van der Waals surface area contributed by atoms with E-state index in [0.29, 0.717) is 17.8 Å². The van der Waals surface area contributed by atoms with E-state index >= 15 is 0 Å². The molecule has 1 amide bonds. The number of hydrogen-bond donors (Lipinski definition) is 2. The van der Waals surface area contributed by atoms with Gasteiger partial charge in [-0.1, -0.05) is 18.2 Å². The number of benzene rings is 2. The van der Waals surface area contributed by atoms with Crippen molar-refractivity contribution in [1.82, 2.24) is 20.4 Å². The predicted octanol–water partition coefficient (Wildman–Crippen LogP) is 3.72. The van der Waals surface area contributed by atoms with Gasteiger partial charge in [0.2, 0.25) is 0 Å². The van der Waals surface area contributed by atoms with Crippen LogP contribution >= 0.6 is 0 Å². The van der Waals surface area contributed by atoms with Crippen molar-refractivity contribution >= 4 is 16.8 Å². The lowest BCUT2D eigenvalue weighted by molar-refractivity contribution is 0.0879. The molecule has 3 heterocycles. The summed E-state index contributed by atoms with van der Waals surface area (Å²) in [5.41, 5.74) is 3.11. The topological polar surface area (TPSA) is 61.0 Å². The molecule has 2 aliphatic heterocycles. The first-order chi connectivity index (χ1) is 13.6. The Bertz CT molecular complexity index is 1010. The van der Waals surface area contributed by atoms with Gasteiger partial charge in [0.25, 0.3) is 5.91 Å². The Balaban J connectivity index is 1.36. The Hall–Kier alpha value is -2.73. The van der Waals surface area contributed by atoms with E-state index in [4.69, 9.17) is 0 Å². The number of rotatable bonds is 3. The van der Waals surface area contributed by atoms with Crippen LogP contribution in [0.25, 0.3) is 22.0 Å². The van der Waals surface area contributed by atoms with Crippen LogP contribution in [0.15, 0.2) is 42.5 Å². The summed E-state index contributed by atoms with van der Waals surface area (Å²) in [7, 11) is 2.19. The molecular formula is C22H23FN4O. The van der Waals surface area contributed by atoms with Gasteiger partial charge in [-0.25, -0.2) is 4.39 Å². The maximum absolute atomic E-state index is 13.2. The van der Waals surface area contributed by atoms with Gasteiger partial charge in [-0.15, -0.1) is 0 Å². The summed E-state index contributed by atoms with van der Waals surface area (Å²) < 4.78 is 13.2. The molecule has 2 aliphatic rings. The number of aromatic nitrogens is 2. The molecule has 0 saturated carbocycles. The van der Waals surface area contributed by atoms with Crippen molar-refractivity contribution in [1.29, 1.82) is 0 Å². The Morgan fingerprint density at radius 1 is 1.11 bits per heavy atom. The van der Waals surface area contributed by atoms with Crippen molar-refractivity contribution in [2.75, 3.05) is 7.05 Å². The molecule has 2 unspecified atom stereocenters. The third-order valence-corrected chi connectivity index (χ3v) is 6.39. The first kappa shape index (κ1) is 17.4. The second-order valence-corrected chi connectivity index (χ2v) is 8.03. The molecule has 0 spiro atoms. The largest absolute Gasteiger partial charge is 0.348 e. The lowest BCUT2D eigenvalue weighted by Gasteiger charge is -2.36. The highest BCUT2D eigenvalue weighted by Gasteiger charge is 2.39. The second-order valence-electron chi connectivity index (χ2n) is 8.03. The average Bonchev–Trinajstić information content (AvgIpc) is 3.19. The van der Waals surface area contributed by atoms with Crippen LogP contribution in [-0.4, -0.2) is 46.2 Å². The van der Waals surface area contributed by atoms with Crippen LogP contribution in [-0.2, 0) is 0 Å². The number of nitrogens with zero attached hydrogens (tertiary/aromatic N) is 2. The number of aromatic amines is 1. The smallest absolute Gasteiger partial charge is 0.272 e. The van der Waals surface area contributed by atoms with Gasteiger partial charge < -0.3 is 10.2 Å². The zero-order valence-corrected chi connectivity index (χ0v) is 15.8. The molecule has 2 bridgehead atoms. The number of piperidine rings is 1. The summed E-state index contributed by atoms with van der Waals surface area (Å²) >= 11 is 0. The Morgan fingerprint density at radius 3 is 2.50 bits per heavy atom. The van der Waals surface area contributed by atoms with Crippen molar-refractivity contribution in [3.05, 3.63) is 54.0 Å². The molecule has 144 valence electrons. The highest BCUT2D eigenvalue weighted by molar-refractivity contribution is 6.05. The fourth-order valence-corrected chi connectivity index (χ4v) is 4.80. The summed E-state index contributed by atoms with van der Waals surface area (Å²) in [6.45, 7) is 0. The molecule has 2 atom stereocenters. The summed E-state index contributed by atoms with van der Waals surface area (Å²) in [4.78, 5) is 15.3. The molecule has 0 aliphatic carbocycles. The normalized spacial score (nSPS) is 24.6. The molecule has 6 heteroatoms. The molecule has 2 aromatic carbocycles. The van der Waals surface area contributed by atoms with Crippen molar-refractivity contribution in [2.24, 2.45) is 0 Å². The fourth-order valence-electron chi connectivity index (χ4n) is 4.80. The third-order valence-electron chi connectivity index (χ3n) is 6.39. The van der Waals surface area contributed by atoms with Crippen LogP contribution in [0.2, 0.25) is 0 Å². The lowest BCUT2D eigenvalue weighted by atomic mass is 9.97. The molecule has 2 N–H and O–H groups in total. The van der Waals surface area contributed by atoms with E-state index in [1.54, 1.807) is 12.1 Å². The first-order valence-corrected chi connectivity index (χ1v) is 9.85. The van der Waals surface area contributed by atoms with Crippen LogP contribution in [0.5, 0.6) is 0 Å². The van der Waals surface area contributed by atoms with Gasteiger partial charge in [-0.3, -0.25) is 9.89 Å². The van der Waals surface area contributed by atoms with E-state index in [1.807, 2.05) is 18.2 Å². The summed E-state index contributed by atoms with van der Waals surface area (Å²) in [5, 5.41) is 11.2. The van der Waals surface area contributed by atoms with Gasteiger partial charge >= 0.3 is 0 Å². The van der Waals surface area contributed by atoms with E-state index < -0.39 is 0 Å². The predicted molar refractivity (Wildman–Crippen MR) is 107 cm³/mol. The van der Waals surface area contributed by atoms with Crippen molar-refractivity contribution < 1.29 is 9.18 Å². The molecule has 2 saturated heterocycles. The fraction of sp³-hybridized carbons (Fsp3) is 0.364. The minimum Gasteiger partial charge on any atom is -0.348 e. The Labute approximate surface area is 162 Å². The highest BCUT2D eigenvalue weighted by atomic mass is 19.1. The summed E-state index contributed by atoms with van der Waals surface area (Å²) in [6, 6.07) is 13.6. The Morgan fingerprint density at radius 2 is 1.79 bits per heavy atom. The van der Waals surface area contributed by atoms with E-state index in [1.165, 1.54) is 25.0 Å². The SMILES string of the molecule is CN1C2CCC1CC(NC(=O)c1n[nH]c3cc(-c4ccc(F)cc4)ccc13)C2. The summed E-state index contributed by atoms with van der Waals surface area (Å²) in [5.74, 6) is -0.373. The van der Waals surface area contributed by atoms with Crippen LogP contribution in [0.3, 0.4) is 0 Å². The number of hydrogen-bond acceptors (Lipinski definition) is 3. The Kier molecular flexibility index (Phi) is 4.16. The number of fused-ring (bicyclic) bond motifs is 3. The van der Waals surface area contributed by atoms with Gasteiger partial charge in [0, 0.05) is 23.5 Å². The molecule has 0 radical (unpaired) electrons. The van der Waals surface area contributed by atoms with Gasteiger partial charge in [0.05, 0.1) is 5.52 Å². The number of carbonyl (C=O) groups excluding carboxylic acids is 1. The van der Waals surface area contributed by atoms with Crippen LogP contribution in [0.1, 0.15) is 36.2 Å². The lowest BCUT2D eigenvalue weighted by Crippen LogP contribution is -2.48. The molecule has 2 fully saturated rings. The third kappa shape index (κ3) is 2.98. The highest BCUT2D eigenvalue weighted by Crippen LogP contribution is 2.34. The standard InChI is InChI=1S/C22H23FN4O/c1-27-17-7-8-18(27)12-16(11-17)24-22(28)21-19-9-4-14(10-20(19)25-26-21)13-2-5-15(23)6-3-13/h2-6,9-10,16-18H,7-8,11-12H2,1H3,(H,24,28)(H,25,26). The zero-order chi connectivity index (χ0) is 19.3. The monoisotopic (exact) mass is 378 g/mol. The van der Waals surface area contributed by atoms with Crippen molar-refractivity contribution in [3.8, 4) is 11.1 Å². The average molecular weight is 378 g/mol. The van der Waals surface area contributed by atoms with Gasteiger partial charge in [0.15, 0.2) is 5.69 Å². The number of carbonyl (C=O) groups is 1. The minimum absolute atomic E-state index is 0.116. The van der Waals surface area contributed by atoms with Crippen molar-refractivity contribution in [3.63, 3.8) is 0 Å². The quantitative estimate of drug-likeness (QED) is 0.730. The number of H-pyrrole nitrogens is 1. The maximum Gasteiger partial charge on any atom is 0.272 e. The molecule has 3 aromatic rings. The van der Waals surface area contributed by atoms with E-state index in [-0.39, 0.29) is 17.8 Å². The van der Waals surface area contributed by atoms with Crippen LogP contribution in [0, 0.1) is 5.82 Å². The van der Waals surface area contributed by atoms with E-state index in [0.717, 1.165) is 34.9 Å². The van der Waals surface area contributed by atoms with Crippen LogP contribution in [0.4, 0.5) is 4.39 Å². The summed E-state index contributed by atoms with van der Waals surface area (Å²) in [6.07, 6.45) is 4.47. The van der Waals surface area contributed by atoms with Gasteiger partial charge in [-0.05, 0) is 68.1 Å². The van der Waals surface area contributed by atoms with Gasteiger partial charge in [0.1, 0.15) is 5.82 Å². The van der Waals surface area contributed by atoms with Crippen LogP contribution < -0.4 is 5.32 Å². The van der Waals surface area contributed by atoms with E-state index in [9.17, 15) is 9.18 Å². The second kappa shape index (κ2) is 6.71. The maximum atomic E-state index is 13.2. The molecule has 5 rings (SSSR count). The van der Waals surface area contributed by atoms with Crippen molar-refractivity contribution in [2.45, 2.75) is 43.8 Å². The molecular weight excluding hydrogens is 355 g/mol.